The topological polar surface area (TPSA) is 145 Å². The molecule has 152 valence electrons. The zero-order chi connectivity index (χ0) is 20.9. The lowest BCUT2D eigenvalue weighted by molar-refractivity contribution is 0.102. The first-order valence-corrected chi connectivity index (χ1v) is 11.1. The van der Waals surface area contributed by atoms with E-state index in [1.807, 2.05) is 0 Å². The SMILES string of the molecule is COCC(C)NS(=O)(=O)c1ccc(C(=O)Nc2ccc(S(N)(=O)=O)cc2)cc1. The van der Waals surface area contributed by atoms with Gasteiger partial charge in [0, 0.05) is 24.4 Å². The number of primary sulfonamides is 1. The minimum Gasteiger partial charge on any atom is -0.383 e. The van der Waals surface area contributed by atoms with E-state index in [0.29, 0.717) is 5.69 Å². The van der Waals surface area contributed by atoms with E-state index in [2.05, 4.69) is 10.0 Å². The Balaban J connectivity index is 2.09. The highest BCUT2D eigenvalue weighted by molar-refractivity contribution is 7.89. The third-order valence-corrected chi connectivity index (χ3v) is 6.18. The number of methoxy groups -OCH3 is 1. The highest BCUT2D eigenvalue weighted by Crippen LogP contribution is 2.15. The van der Waals surface area contributed by atoms with Gasteiger partial charge in [-0.3, -0.25) is 4.79 Å². The van der Waals surface area contributed by atoms with Gasteiger partial charge in [-0.15, -0.1) is 0 Å². The minimum atomic E-state index is -3.81. The van der Waals surface area contributed by atoms with E-state index in [1.54, 1.807) is 6.92 Å². The maximum Gasteiger partial charge on any atom is 0.255 e. The largest absolute Gasteiger partial charge is 0.383 e. The molecule has 0 fully saturated rings. The Morgan fingerprint density at radius 3 is 2.04 bits per heavy atom. The smallest absolute Gasteiger partial charge is 0.255 e. The molecule has 9 nitrogen and oxygen atoms in total. The maximum atomic E-state index is 12.3. The molecule has 0 aliphatic carbocycles. The molecule has 28 heavy (non-hydrogen) atoms. The quantitative estimate of drug-likeness (QED) is 0.571. The molecule has 4 N–H and O–H groups in total. The molecule has 2 aromatic rings. The second kappa shape index (κ2) is 8.80. The zero-order valence-corrected chi connectivity index (χ0v) is 16.9. The van der Waals surface area contributed by atoms with Gasteiger partial charge in [0.25, 0.3) is 5.91 Å². The molecule has 0 saturated heterocycles. The number of hydrogen-bond donors (Lipinski definition) is 3. The number of nitrogens with one attached hydrogen (secondary N) is 2. The van der Waals surface area contributed by atoms with Crippen LogP contribution in [0.3, 0.4) is 0 Å². The van der Waals surface area contributed by atoms with Gasteiger partial charge < -0.3 is 10.1 Å². The van der Waals surface area contributed by atoms with Crippen LogP contribution in [0.5, 0.6) is 0 Å². The van der Waals surface area contributed by atoms with Crippen LogP contribution in [-0.2, 0) is 24.8 Å². The van der Waals surface area contributed by atoms with Gasteiger partial charge in [-0.1, -0.05) is 0 Å². The molecule has 1 atom stereocenters. The molecule has 0 heterocycles. The minimum absolute atomic E-state index is 0.0181. The fourth-order valence-corrected chi connectivity index (χ4v) is 4.08. The first-order valence-electron chi connectivity index (χ1n) is 8.08. The Bertz CT molecular complexity index is 1030. The molecule has 0 spiro atoms. The number of benzene rings is 2. The average Bonchev–Trinajstić information content (AvgIpc) is 2.61. The van der Waals surface area contributed by atoms with Crippen molar-refractivity contribution in [2.24, 2.45) is 5.14 Å². The summed E-state index contributed by atoms with van der Waals surface area (Å²) >= 11 is 0. The van der Waals surface area contributed by atoms with Gasteiger partial charge in [0.05, 0.1) is 16.4 Å². The van der Waals surface area contributed by atoms with Crippen LogP contribution >= 0.6 is 0 Å². The number of rotatable bonds is 8. The van der Waals surface area contributed by atoms with Gasteiger partial charge in [-0.05, 0) is 55.5 Å². The normalized spacial score (nSPS) is 13.1. The molecule has 0 saturated carbocycles. The van der Waals surface area contributed by atoms with E-state index in [-0.39, 0.29) is 22.0 Å². The van der Waals surface area contributed by atoms with Crippen molar-refractivity contribution in [2.45, 2.75) is 22.8 Å². The zero-order valence-electron chi connectivity index (χ0n) is 15.2. The molecule has 0 aromatic heterocycles. The number of carbonyl (C=O) groups excluding carboxylic acids is 1. The van der Waals surface area contributed by atoms with E-state index in [1.165, 1.54) is 55.6 Å². The molecule has 1 unspecified atom stereocenters. The van der Waals surface area contributed by atoms with Crippen LogP contribution in [0.2, 0.25) is 0 Å². The fourth-order valence-electron chi connectivity index (χ4n) is 2.33. The lowest BCUT2D eigenvalue weighted by Crippen LogP contribution is -2.35. The second-order valence-corrected chi connectivity index (χ2v) is 9.30. The Morgan fingerprint density at radius 1 is 1.00 bits per heavy atom. The van der Waals surface area contributed by atoms with Crippen molar-refractivity contribution in [3.63, 3.8) is 0 Å². The van der Waals surface area contributed by atoms with Gasteiger partial charge in [-0.2, -0.15) is 0 Å². The molecule has 0 aliphatic heterocycles. The van der Waals surface area contributed by atoms with Crippen molar-refractivity contribution in [3.8, 4) is 0 Å². The Hall–Kier alpha value is -2.31. The summed E-state index contributed by atoms with van der Waals surface area (Å²) in [4.78, 5) is 12.2. The Kier molecular flexibility index (Phi) is 6.91. The van der Waals surface area contributed by atoms with Crippen molar-refractivity contribution in [1.29, 1.82) is 0 Å². The molecule has 1 amide bonds. The molecular formula is C17H21N3O6S2. The number of hydrogen-bond acceptors (Lipinski definition) is 6. The van der Waals surface area contributed by atoms with Gasteiger partial charge in [0.2, 0.25) is 20.0 Å². The van der Waals surface area contributed by atoms with Crippen molar-refractivity contribution in [1.82, 2.24) is 4.72 Å². The number of anilines is 1. The summed E-state index contributed by atoms with van der Waals surface area (Å²) < 4.78 is 54.4. The van der Waals surface area contributed by atoms with E-state index < -0.39 is 32.0 Å². The Labute approximate surface area is 164 Å². The third kappa shape index (κ3) is 5.84. The number of carbonyl (C=O) groups is 1. The molecule has 0 aliphatic rings. The highest BCUT2D eigenvalue weighted by atomic mass is 32.2. The highest BCUT2D eigenvalue weighted by Gasteiger charge is 2.18. The van der Waals surface area contributed by atoms with Gasteiger partial charge >= 0.3 is 0 Å². The van der Waals surface area contributed by atoms with Crippen LogP contribution in [0.4, 0.5) is 5.69 Å². The van der Waals surface area contributed by atoms with E-state index in [0.717, 1.165) is 0 Å². The third-order valence-electron chi connectivity index (χ3n) is 3.64. The monoisotopic (exact) mass is 427 g/mol. The maximum absolute atomic E-state index is 12.3. The molecule has 2 aromatic carbocycles. The molecule has 2 rings (SSSR count). The predicted octanol–water partition coefficient (Wildman–Crippen LogP) is 0.900. The summed E-state index contributed by atoms with van der Waals surface area (Å²) in [6.45, 7) is 1.90. The molecule has 0 radical (unpaired) electrons. The second-order valence-electron chi connectivity index (χ2n) is 6.03. The van der Waals surface area contributed by atoms with Crippen LogP contribution in [-0.4, -0.2) is 42.5 Å². The van der Waals surface area contributed by atoms with Crippen molar-refractivity contribution >= 4 is 31.6 Å². The van der Waals surface area contributed by atoms with E-state index >= 15 is 0 Å². The van der Waals surface area contributed by atoms with Gasteiger partial charge in [0.15, 0.2) is 0 Å². The van der Waals surface area contributed by atoms with Crippen LogP contribution < -0.4 is 15.2 Å². The van der Waals surface area contributed by atoms with Crippen LogP contribution in [0.25, 0.3) is 0 Å². The molecule has 0 bridgehead atoms. The first-order chi connectivity index (χ1) is 13.0. The molecular weight excluding hydrogens is 406 g/mol. The summed E-state index contributed by atoms with van der Waals surface area (Å²) in [5, 5.41) is 7.61. The predicted molar refractivity (Wildman–Crippen MR) is 104 cm³/mol. The fraction of sp³-hybridized carbons (Fsp3) is 0.235. The summed E-state index contributed by atoms with van der Waals surface area (Å²) in [5.74, 6) is -0.479. The summed E-state index contributed by atoms with van der Waals surface area (Å²) in [5.41, 5.74) is 0.601. The van der Waals surface area contributed by atoms with Crippen LogP contribution in [0.1, 0.15) is 17.3 Å². The standard InChI is InChI=1S/C17H21N3O6S2/c1-12(11-26-2)20-28(24,25)16-7-3-13(4-8-16)17(21)19-14-5-9-15(10-6-14)27(18,22)23/h3-10,12,20H,11H2,1-2H3,(H,19,21)(H2,18,22,23). The number of nitrogens with two attached hydrogens (primary N) is 1. The van der Waals surface area contributed by atoms with Crippen molar-refractivity contribution < 1.29 is 26.4 Å². The first kappa shape index (κ1) is 22.0. The lowest BCUT2D eigenvalue weighted by atomic mass is 10.2. The van der Waals surface area contributed by atoms with Gasteiger partial charge in [-0.25, -0.2) is 26.7 Å². The van der Waals surface area contributed by atoms with Gasteiger partial charge in [0.1, 0.15) is 0 Å². The summed E-state index contributed by atoms with van der Waals surface area (Å²) in [7, 11) is -6.07. The summed E-state index contributed by atoms with van der Waals surface area (Å²) in [6, 6.07) is 10.3. The average molecular weight is 428 g/mol. The van der Waals surface area contributed by atoms with Crippen molar-refractivity contribution in [2.75, 3.05) is 19.0 Å². The van der Waals surface area contributed by atoms with Crippen LogP contribution in [0, 0.1) is 0 Å². The number of amides is 1. The number of sulfonamides is 2. The van der Waals surface area contributed by atoms with E-state index in [9.17, 15) is 21.6 Å². The van der Waals surface area contributed by atoms with Crippen LogP contribution in [0.15, 0.2) is 58.3 Å². The lowest BCUT2D eigenvalue weighted by Gasteiger charge is -2.13. The van der Waals surface area contributed by atoms with E-state index in [4.69, 9.17) is 9.88 Å². The number of ether oxygens (including phenoxy) is 1. The Morgan fingerprint density at radius 2 is 1.54 bits per heavy atom. The molecule has 11 heteroatoms. The summed E-state index contributed by atoms with van der Waals surface area (Å²) in [6.07, 6.45) is 0. The van der Waals surface area contributed by atoms with Crippen molar-refractivity contribution in [3.05, 3.63) is 54.1 Å².